The Morgan fingerprint density at radius 3 is 2.83 bits per heavy atom. The number of hydrogen-bond acceptors (Lipinski definition) is 3. The van der Waals surface area contributed by atoms with Crippen LogP contribution in [0.1, 0.15) is 22.8 Å². The van der Waals surface area contributed by atoms with E-state index in [1.807, 2.05) is 24.4 Å². The lowest BCUT2D eigenvalue weighted by atomic mass is 10.1. The van der Waals surface area contributed by atoms with Crippen LogP contribution < -0.4 is 11.1 Å². The van der Waals surface area contributed by atoms with Crippen molar-refractivity contribution in [3.05, 3.63) is 53.9 Å². The van der Waals surface area contributed by atoms with Crippen molar-refractivity contribution < 1.29 is 4.79 Å². The molecule has 0 saturated heterocycles. The molecule has 2 rings (SSSR count). The zero-order valence-electron chi connectivity index (χ0n) is 10.2. The lowest BCUT2D eigenvalue weighted by molar-refractivity contribution is 0.100. The lowest BCUT2D eigenvalue weighted by Gasteiger charge is -2.10. The van der Waals surface area contributed by atoms with E-state index in [4.69, 9.17) is 5.73 Å². The molecule has 4 nitrogen and oxygen atoms in total. The second-order valence-electron chi connectivity index (χ2n) is 3.97. The Bertz CT molecular complexity index is 566. The maximum atomic E-state index is 11.3. The van der Waals surface area contributed by atoms with E-state index in [0.29, 0.717) is 11.3 Å². The Hall–Kier alpha value is -2.36. The van der Waals surface area contributed by atoms with Gasteiger partial charge in [-0.25, -0.2) is 0 Å². The summed E-state index contributed by atoms with van der Waals surface area (Å²) in [5.74, 6) is -0.447. The van der Waals surface area contributed by atoms with Crippen LogP contribution in [0.3, 0.4) is 0 Å². The molecular formula is C14H15N3O. The summed E-state index contributed by atoms with van der Waals surface area (Å²) in [5, 5.41) is 3.17. The number of nitrogens with two attached hydrogens (primary N) is 1. The van der Waals surface area contributed by atoms with Crippen molar-refractivity contribution in [1.29, 1.82) is 0 Å². The fraction of sp³-hybridized carbons (Fsp3) is 0.143. The van der Waals surface area contributed by atoms with Crippen molar-refractivity contribution in [3.63, 3.8) is 0 Å². The minimum Gasteiger partial charge on any atom is -0.366 e. The summed E-state index contributed by atoms with van der Waals surface area (Å²) < 4.78 is 0. The summed E-state index contributed by atoms with van der Waals surface area (Å²) in [7, 11) is 0. The molecule has 18 heavy (non-hydrogen) atoms. The van der Waals surface area contributed by atoms with Gasteiger partial charge in [-0.2, -0.15) is 0 Å². The number of rotatable bonds is 4. The molecule has 3 N–H and O–H groups in total. The highest BCUT2D eigenvalue weighted by molar-refractivity contribution is 5.99. The molecule has 1 heterocycles. The molecular weight excluding hydrogens is 226 g/mol. The fourth-order valence-corrected chi connectivity index (χ4v) is 1.71. The average Bonchev–Trinajstić information content (AvgIpc) is 2.39. The highest BCUT2D eigenvalue weighted by atomic mass is 16.1. The van der Waals surface area contributed by atoms with E-state index >= 15 is 0 Å². The Kier molecular flexibility index (Phi) is 3.57. The zero-order valence-corrected chi connectivity index (χ0v) is 10.2. The van der Waals surface area contributed by atoms with Crippen molar-refractivity contribution in [1.82, 2.24) is 4.98 Å². The quantitative estimate of drug-likeness (QED) is 0.864. The number of aromatic nitrogens is 1. The average molecular weight is 241 g/mol. The summed E-state index contributed by atoms with van der Waals surface area (Å²) >= 11 is 0. The van der Waals surface area contributed by atoms with E-state index < -0.39 is 5.91 Å². The number of para-hydroxylation sites is 1. The van der Waals surface area contributed by atoms with Gasteiger partial charge in [0.2, 0.25) is 0 Å². The predicted octanol–water partition coefficient (Wildman–Crippen LogP) is 2.49. The molecule has 0 aliphatic rings. The molecule has 0 spiro atoms. The van der Waals surface area contributed by atoms with Gasteiger partial charge in [0.25, 0.3) is 5.91 Å². The summed E-state index contributed by atoms with van der Waals surface area (Å²) in [4.78, 5) is 15.4. The highest BCUT2D eigenvalue weighted by Crippen LogP contribution is 2.20. The minimum absolute atomic E-state index is 0.447. The van der Waals surface area contributed by atoms with E-state index in [2.05, 4.69) is 17.2 Å². The Labute approximate surface area is 106 Å². The summed E-state index contributed by atoms with van der Waals surface area (Å²) in [6, 6.07) is 9.16. The number of nitrogens with zero attached hydrogens (tertiary/aromatic N) is 1. The van der Waals surface area contributed by atoms with Crippen LogP contribution >= 0.6 is 0 Å². The van der Waals surface area contributed by atoms with Crippen molar-refractivity contribution in [3.8, 4) is 0 Å². The zero-order chi connectivity index (χ0) is 13.0. The number of anilines is 2. The van der Waals surface area contributed by atoms with Gasteiger partial charge in [-0.05, 0) is 30.2 Å². The van der Waals surface area contributed by atoms with Crippen LogP contribution in [0.15, 0.2) is 42.7 Å². The number of nitrogens with one attached hydrogen (secondary N) is 1. The number of benzene rings is 1. The van der Waals surface area contributed by atoms with E-state index in [1.165, 1.54) is 0 Å². The number of pyridine rings is 1. The molecule has 1 aromatic heterocycles. The topological polar surface area (TPSA) is 68.0 Å². The van der Waals surface area contributed by atoms with Crippen molar-refractivity contribution >= 4 is 17.3 Å². The molecule has 0 fully saturated rings. The smallest absolute Gasteiger partial charge is 0.250 e. The van der Waals surface area contributed by atoms with Crippen molar-refractivity contribution in [2.45, 2.75) is 13.3 Å². The van der Waals surface area contributed by atoms with Crippen LogP contribution in [0.5, 0.6) is 0 Å². The van der Waals surface area contributed by atoms with Crippen LogP contribution in [-0.4, -0.2) is 10.9 Å². The second-order valence-corrected chi connectivity index (χ2v) is 3.97. The maximum absolute atomic E-state index is 11.3. The summed E-state index contributed by atoms with van der Waals surface area (Å²) in [6.45, 7) is 2.07. The Morgan fingerprint density at radius 2 is 2.11 bits per heavy atom. The monoisotopic (exact) mass is 241 g/mol. The molecule has 92 valence electrons. The normalized spacial score (nSPS) is 10.1. The Morgan fingerprint density at radius 1 is 1.33 bits per heavy atom. The third kappa shape index (κ3) is 2.66. The van der Waals surface area contributed by atoms with E-state index in [9.17, 15) is 4.79 Å². The molecule has 0 saturated carbocycles. The molecule has 1 amide bonds. The fourth-order valence-electron chi connectivity index (χ4n) is 1.71. The predicted molar refractivity (Wildman–Crippen MR) is 71.9 cm³/mol. The van der Waals surface area contributed by atoms with Crippen LogP contribution in [-0.2, 0) is 6.42 Å². The van der Waals surface area contributed by atoms with Crippen LogP contribution in [0.2, 0.25) is 0 Å². The van der Waals surface area contributed by atoms with Gasteiger partial charge in [0.05, 0.1) is 23.1 Å². The van der Waals surface area contributed by atoms with Crippen LogP contribution in [0, 0.1) is 0 Å². The van der Waals surface area contributed by atoms with Gasteiger partial charge in [0.1, 0.15) is 0 Å². The first-order valence-corrected chi connectivity index (χ1v) is 5.80. The van der Waals surface area contributed by atoms with Crippen molar-refractivity contribution in [2.75, 3.05) is 5.32 Å². The van der Waals surface area contributed by atoms with E-state index in [0.717, 1.165) is 17.7 Å². The first kappa shape index (κ1) is 12.1. The molecule has 1 aromatic carbocycles. The van der Waals surface area contributed by atoms with Gasteiger partial charge in [0.15, 0.2) is 0 Å². The maximum Gasteiger partial charge on any atom is 0.250 e. The van der Waals surface area contributed by atoms with Gasteiger partial charge in [-0.3, -0.25) is 9.78 Å². The van der Waals surface area contributed by atoms with E-state index in [-0.39, 0.29) is 0 Å². The SMILES string of the molecule is CCc1cncc(Nc2ccccc2C(N)=O)c1. The molecule has 4 heteroatoms. The first-order chi connectivity index (χ1) is 8.70. The number of carbonyl (C=O) groups excluding carboxylic acids is 1. The standard InChI is InChI=1S/C14H15N3O/c1-2-10-7-11(9-16-8-10)17-13-6-4-3-5-12(13)14(15)18/h3-9,17H,2H2,1H3,(H2,15,18). The van der Waals surface area contributed by atoms with Crippen LogP contribution in [0.4, 0.5) is 11.4 Å². The molecule has 2 aromatic rings. The highest BCUT2D eigenvalue weighted by Gasteiger charge is 2.07. The van der Waals surface area contributed by atoms with E-state index in [1.54, 1.807) is 18.3 Å². The number of primary amides is 1. The summed E-state index contributed by atoms with van der Waals surface area (Å²) in [5.41, 5.74) is 8.48. The van der Waals surface area contributed by atoms with Gasteiger partial charge >= 0.3 is 0 Å². The third-order valence-electron chi connectivity index (χ3n) is 2.67. The molecule has 0 bridgehead atoms. The third-order valence-corrected chi connectivity index (χ3v) is 2.67. The molecule has 0 aliphatic heterocycles. The molecule has 0 aliphatic carbocycles. The number of amides is 1. The van der Waals surface area contributed by atoms with Gasteiger partial charge in [0, 0.05) is 6.20 Å². The molecule has 0 atom stereocenters. The number of carbonyl (C=O) groups is 1. The van der Waals surface area contributed by atoms with Gasteiger partial charge in [-0.15, -0.1) is 0 Å². The van der Waals surface area contributed by atoms with Gasteiger partial charge in [-0.1, -0.05) is 19.1 Å². The first-order valence-electron chi connectivity index (χ1n) is 5.80. The molecule has 0 radical (unpaired) electrons. The summed E-state index contributed by atoms with van der Waals surface area (Å²) in [6.07, 6.45) is 4.46. The number of aryl methyl sites for hydroxylation is 1. The largest absolute Gasteiger partial charge is 0.366 e. The lowest BCUT2D eigenvalue weighted by Crippen LogP contribution is -2.13. The Balaban J connectivity index is 2.31. The van der Waals surface area contributed by atoms with Crippen molar-refractivity contribution in [2.24, 2.45) is 5.73 Å². The minimum atomic E-state index is -0.447. The molecule has 0 unspecified atom stereocenters. The van der Waals surface area contributed by atoms with Crippen LogP contribution in [0.25, 0.3) is 0 Å². The van der Waals surface area contributed by atoms with Gasteiger partial charge < -0.3 is 11.1 Å². The second kappa shape index (κ2) is 5.31. The number of hydrogen-bond donors (Lipinski definition) is 2.